The fourth-order valence-electron chi connectivity index (χ4n) is 2.81. The number of carbonyl (C=O) groups excluding carboxylic acids is 1. The lowest BCUT2D eigenvalue weighted by Crippen LogP contribution is -2.62. The number of rotatable bonds is 1. The van der Waals surface area contributed by atoms with E-state index in [1.807, 2.05) is 0 Å². The molecule has 1 aliphatic heterocycles. The number of amides is 1. The van der Waals surface area contributed by atoms with Crippen LogP contribution in [0, 0.1) is 0 Å². The summed E-state index contributed by atoms with van der Waals surface area (Å²) in [6.45, 7) is 7.18. The number of halogens is 1. The summed E-state index contributed by atoms with van der Waals surface area (Å²) in [4.78, 5) is 13.6. The molecule has 0 radical (unpaired) electrons. The van der Waals surface area contributed by atoms with Crippen LogP contribution in [-0.4, -0.2) is 45.5 Å². The molecule has 2 N–H and O–H groups in total. The predicted octanol–water partition coefficient (Wildman–Crippen LogP) is 2.92. The standard InChI is InChI=1S/C17H24ClNO4/c1-15(2,3)23-14(20)19-10-9-17(22,16(4,21)11-19)12-5-7-13(18)8-6-12/h5-8,21-22H,9-11H2,1-4H3. The lowest BCUT2D eigenvalue weighted by molar-refractivity contribution is -0.183. The number of benzene rings is 1. The highest BCUT2D eigenvalue weighted by Gasteiger charge is 2.52. The molecule has 1 aromatic carbocycles. The molecule has 1 fully saturated rings. The lowest BCUT2D eigenvalue weighted by atomic mass is 9.73. The van der Waals surface area contributed by atoms with E-state index < -0.39 is 22.9 Å². The third-order valence-electron chi connectivity index (χ3n) is 4.11. The van der Waals surface area contributed by atoms with Crippen molar-refractivity contribution in [2.45, 2.75) is 50.9 Å². The summed E-state index contributed by atoms with van der Waals surface area (Å²) in [7, 11) is 0. The molecule has 1 saturated heterocycles. The van der Waals surface area contributed by atoms with Gasteiger partial charge < -0.3 is 19.8 Å². The summed E-state index contributed by atoms with van der Waals surface area (Å²) in [5, 5.41) is 22.4. The number of aliphatic hydroxyl groups is 2. The van der Waals surface area contributed by atoms with Gasteiger partial charge in [-0.05, 0) is 45.4 Å². The molecule has 0 bridgehead atoms. The van der Waals surface area contributed by atoms with Crippen LogP contribution in [0.15, 0.2) is 24.3 Å². The molecule has 0 aliphatic carbocycles. The van der Waals surface area contributed by atoms with Gasteiger partial charge in [0.05, 0.1) is 6.54 Å². The summed E-state index contributed by atoms with van der Waals surface area (Å²) in [5.41, 5.74) is -2.98. The van der Waals surface area contributed by atoms with Crippen LogP contribution in [0.3, 0.4) is 0 Å². The van der Waals surface area contributed by atoms with Crippen LogP contribution >= 0.6 is 11.6 Å². The number of nitrogens with zero attached hydrogens (tertiary/aromatic N) is 1. The van der Waals surface area contributed by atoms with Crippen LogP contribution in [0.2, 0.25) is 5.02 Å². The van der Waals surface area contributed by atoms with Crippen molar-refractivity contribution in [2.24, 2.45) is 0 Å². The SMILES string of the molecule is CC(C)(C)OC(=O)N1CCC(O)(c2ccc(Cl)cc2)C(C)(O)C1. The van der Waals surface area contributed by atoms with Crippen LogP contribution in [0.5, 0.6) is 0 Å². The van der Waals surface area contributed by atoms with E-state index in [0.717, 1.165) is 0 Å². The summed E-state index contributed by atoms with van der Waals surface area (Å²) in [6.07, 6.45) is -0.281. The summed E-state index contributed by atoms with van der Waals surface area (Å²) < 4.78 is 5.34. The van der Waals surface area contributed by atoms with Crippen molar-refractivity contribution in [3.8, 4) is 0 Å². The van der Waals surface area contributed by atoms with E-state index in [2.05, 4.69) is 0 Å². The maximum Gasteiger partial charge on any atom is 0.410 e. The van der Waals surface area contributed by atoms with Gasteiger partial charge in [0, 0.05) is 18.0 Å². The Labute approximate surface area is 141 Å². The molecule has 1 aromatic rings. The maximum absolute atomic E-state index is 12.2. The monoisotopic (exact) mass is 341 g/mol. The Bertz CT molecular complexity index is 579. The van der Waals surface area contributed by atoms with Crippen molar-refractivity contribution >= 4 is 17.7 Å². The first-order chi connectivity index (χ1) is 10.4. The molecule has 0 aromatic heterocycles. The van der Waals surface area contributed by atoms with E-state index >= 15 is 0 Å². The summed E-state index contributed by atoms with van der Waals surface area (Å²) >= 11 is 5.88. The molecule has 2 atom stereocenters. The predicted molar refractivity (Wildman–Crippen MR) is 88.4 cm³/mol. The van der Waals surface area contributed by atoms with Gasteiger partial charge >= 0.3 is 6.09 Å². The number of hydrogen-bond acceptors (Lipinski definition) is 4. The molecule has 1 aliphatic rings. The lowest BCUT2D eigenvalue weighted by Gasteiger charge is -2.49. The van der Waals surface area contributed by atoms with Crippen molar-refractivity contribution in [1.82, 2.24) is 4.90 Å². The minimum Gasteiger partial charge on any atom is -0.444 e. The third-order valence-corrected chi connectivity index (χ3v) is 4.36. The third kappa shape index (κ3) is 3.79. The molecule has 5 nitrogen and oxygen atoms in total. The average Bonchev–Trinajstić information content (AvgIpc) is 2.40. The molecule has 23 heavy (non-hydrogen) atoms. The molecule has 128 valence electrons. The number of β-amino-alcohol motifs (C(OH)–C–C–N with tert-alkyl or cyclic N) is 1. The second-order valence-electron chi connectivity index (χ2n) is 7.29. The van der Waals surface area contributed by atoms with Gasteiger partial charge in [0.15, 0.2) is 0 Å². The minimum absolute atomic E-state index is 0.0129. The molecule has 6 heteroatoms. The van der Waals surface area contributed by atoms with Crippen LogP contribution in [-0.2, 0) is 10.3 Å². The highest BCUT2D eigenvalue weighted by molar-refractivity contribution is 6.30. The van der Waals surface area contributed by atoms with E-state index in [1.165, 1.54) is 11.8 Å². The van der Waals surface area contributed by atoms with Crippen molar-refractivity contribution in [1.29, 1.82) is 0 Å². The second kappa shape index (κ2) is 5.96. The fourth-order valence-corrected chi connectivity index (χ4v) is 2.94. The zero-order valence-electron chi connectivity index (χ0n) is 14.0. The first-order valence-electron chi connectivity index (χ1n) is 7.63. The zero-order valence-corrected chi connectivity index (χ0v) is 14.7. The van der Waals surface area contributed by atoms with Gasteiger partial charge in [0.1, 0.15) is 16.8 Å². The van der Waals surface area contributed by atoms with Gasteiger partial charge in [-0.2, -0.15) is 0 Å². The minimum atomic E-state index is -1.50. The van der Waals surface area contributed by atoms with Gasteiger partial charge in [0.25, 0.3) is 0 Å². The highest BCUT2D eigenvalue weighted by Crippen LogP contribution is 2.40. The van der Waals surface area contributed by atoms with Crippen molar-refractivity contribution < 1.29 is 19.7 Å². The Hall–Kier alpha value is -1.30. The molecule has 0 spiro atoms. The summed E-state index contributed by atoms with van der Waals surface area (Å²) in [5.74, 6) is 0. The first-order valence-corrected chi connectivity index (χ1v) is 8.01. The van der Waals surface area contributed by atoms with Gasteiger partial charge in [0.2, 0.25) is 0 Å². The van der Waals surface area contributed by atoms with Crippen LogP contribution in [0.25, 0.3) is 0 Å². The van der Waals surface area contributed by atoms with Crippen LogP contribution in [0.4, 0.5) is 4.79 Å². The quantitative estimate of drug-likeness (QED) is 0.824. The second-order valence-corrected chi connectivity index (χ2v) is 7.73. The number of ether oxygens (including phenoxy) is 1. The Kier molecular flexibility index (Phi) is 4.68. The molecular weight excluding hydrogens is 318 g/mol. The highest BCUT2D eigenvalue weighted by atomic mass is 35.5. The first kappa shape index (κ1) is 18.0. The van der Waals surface area contributed by atoms with E-state index in [0.29, 0.717) is 17.1 Å². The fraction of sp³-hybridized carbons (Fsp3) is 0.588. The van der Waals surface area contributed by atoms with Crippen molar-refractivity contribution in [3.63, 3.8) is 0 Å². The summed E-state index contributed by atoms with van der Waals surface area (Å²) in [6, 6.07) is 6.73. The number of piperidine rings is 1. The van der Waals surface area contributed by atoms with Crippen molar-refractivity contribution in [3.05, 3.63) is 34.9 Å². The van der Waals surface area contributed by atoms with Gasteiger partial charge in [-0.3, -0.25) is 0 Å². The zero-order chi connectivity index (χ0) is 17.5. The molecule has 2 unspecified atom stereocenters. The molecule has 0 saturated carbocycles. The van der Waals surface area contributed by atoms with Gasteiger partial charge in [-0.15, -0.1) is 0 Å². The maximum atomic E-state index is 12.2. The normalized spacial score (nSPS) is 28.6. The number of hydrogen-bond donors (Lipinski definition) is 2. The Balaban J connectivity index is 2.20. The van der Waals surface area contributed by atoms with E-state index in [-0.39, 0.29) is 13.0 Å². The number of likely N-dealkylation sites (tertiary alicyclic amines) is 1. The Morgan fingerprint density at radius 1 is 1.26 bits per heavy atom. The molecule has 1 heterocycles. The molecular formula is C17H24ClNO4. The average molecular weight is 342 g/mol. The van der Waals surface area contributed by atoms with Crippen LogP contribution < -0.4 is 0 Å². The molecule has 2 rings (SSSR count). The van der Waals surface area contributed by atoms with E-state index in [1.54, 1.807) is 45.0 Å². The van der Waals surface area contributed by atoms with E-state index in [9.17, 15) is 15.0 Å². The Morgan fingerprint density at radius 2 is 1.83 bits per heavy atom. The largest absolute Gasteiger partial charge is 0.444 e. The van der Waals surface area contributed by atoms with Gasteiger partial charge in [-0.25, -0.2) is 4.79 Å². The molecule has 1 amide bonds. The topological polar surface area (TPSA) is 70.0 Å². The van der Waals surface area contributed by atoms with Crippen LogP contribution in [0.1, 0.15) is 39.7 Å². The van der Waals surface area contributed by atoms with E-state index in [4.69, 9.17) is 16.3 Å². The Morgan fingerprint density at radius 3 is 2.30 bits per heavy atom. The van der Waals surface area contributed by atoms with Gasteiger partial charge in [-0.1, -0.05) is 23.7 Å². The number of carbonyl (C=O) groups is 1. The smallest absolute Gasteiger partial charge is 0.410 e. The van der Waals surface area contributed by atoms with Crippen molar-refractivity contribution in [2.75, 3.05) is 13.1 Å².